The fourth-order valence-corrected chi connectivity index (χ4v) is 1.38. The number of nitrogens with two attached hydrogens (primary N) is 1. The predicted molar refractivity (Wildman–Crippen MR) is 47.4 cm³/mol. The number of carbonyl (C=O) groups excluding carboxylic acids is 1. The maximum atomic E-state index is 11.3. The molecule has 13 heavy (non-hydrogen) atoms. The minimum atomic E-state index is -0.279. The first-order chi connectivity index (χ1) is 6.29. The van der Waals surface area contributed by atoms with Gasteiger partial charge in [-0.2, -0.15) is 0 Å². The lowest BCUT2D eigenvalue weighted by Crippen LogP contribution is -2.50. The first kappa shape index (κ1) is 10.3. The van der Waals surface area contributed by atoms with Gasteiger partial charge in [0.15, 0.2) is 0 Å². The number of cyclic esters (lactones) is 1. The number of amides is 1. The summed E-state index contributed by atoms with van der Waals surface area (Å²) in [5.74, 6) is 0. The molecule has 1 amide bonds. The molecule has 1 heterocycles. The summed E-state index contributed by atoms with van der Waals surface area (Å²) in [6, 6.07) is 0.108. The molecule has 0 radical (unpaired) electrons. The standard InChI is InChI=1S/C8H16N2O3/c1-12-5-3-10-7(6-9)2-4-13-8(10)11/h7H,2-6,9H2,1H3. The van der Waals surface area contributed by atoms with Gasteiger partial charge in [0, 0.05) is 26.6 Å². The van der Waals surface area contributed by atoms with Crippen LogP contribution in [0.25, 0.3) is 0 Å². The molecule has 1 aliphatic rings. The van der Waals surface area contributed by atoms with Crippen LogP contribution in [0.2, 0.25) is 0 Å². The molecule has 0 saturated carbocycles. The topological polar surface area (TPSA) is 64.8 Å². The minimum absolute atomic E-state index is 0.108. The maximum absolute atomic E-state index is 11.3. The fraction of sp³-hybridized carbons (Fsp3) is 0.875. The summed E-state index contributed by atoms with van der Waals surface area (Å²) >= 11 is 0. The summed E-state index contributed by atoms with van der Waals surface area (Å²) in [5.41, 5.74) is 5.54. The number of ether oxygens (including phenoxy) is 2. The Morgan fingerprint density at radius 3 is 3.15 bits per heavy atom. The predicted octanol–water partition coefficient (Wildman–Crippen LogP) is -0.198. The highest BCUT2D eigenvalue weighted by molar-refractivity contribution is 5.68. The van der Waals surface area contributed by atoms with E-state index in [9.17, 15) is 4.79 Å². The van der Waals surface area contributed by atoms with E-state index in [1.807, 2.05) is 0 Å². The average molecular weight is 188 g/mol. The highest BCUT2D eigenvalue weighted by Crippen LogP contribution is 2.11. The summed E-state index contributed by atoms with van der Waals surface area (Å²) in [7, 11) is 1.60. The SMILES string of the molecule is COCCN1C(=O)OCCC1CN. The molecule has 76 valence electrons. The van der Waals surface area contributed by atoms with Gasteiger partial charge < -0.3 is 20.1 Å². The lowest BCUT2D eigenvalue weighted by Gasteiger charge is -2.33. The molecule has 0 aromatic heterocycles. The molecule has 1 unspecified atom stereocenters. The molecule has 0 spiro atoms. The van der Waals surface area contributed by atoms with Crippen LogP contribution in [0.1, 0.15) is 6.42 Å². The second kappa shape index (κ2) is 5.04. The Balaban J connectivity index is 2.46. The monoisotopic (exact) mass is 188 g/mol. The van der Waals surface area contributed by atoms with Crippen molar-refractivity contribution in [2.75, 3.05) is 33.4 Å². The van der Waals surface area contributed by atoms with Gasteiger partial charge in [0.1, 0.15) is 0 Å². The molecular weight excluding hydrogens is 172 g/mol. The van der Waals surface area contributed by atoms with E-state index >= 15 is 0 Å². The second-order valence-electron chi connectivity index (χ2n) is 2.98. The van der Waals surface area contributed by atoms with E-state index in [0.717, 1.165) is 6.42 Å². The van der Waals surface area contributed by atoms with Crippen LogP contribution in [0, 0.1) is 0 Å². The molecule has 1 saturated heterocycles. The van der Waals surface area contributed by atoms with Crippen LogP contribution in [-0.4, -0.2) is 50.4 Å². The van der Waals surface area contributed by atoms with Crippen molar-refractivity contribution in [3.8, 4) is 0 Å². The molecule has 1 atom stereocenters. The highest BCUT2D eigenvalue weighted by Gasteiger charge is 2.27. The summed E-state index contributed by atoms with van der Waals surface area (Å²) in [6.45, 7) is 2.03. The normalized spacial score (nSPS) is 23.1. The van der Waals surface area contributed by atoms with E-state index in [-0.39, 0.29) is 12.1 Å². The number of rotatable bonds is 4. The first-order valence-electron chi connectivity index (χ1n) is 4.42. The third-order valence-corrected chi connectivity index (χ3v) is 2.16. The van der Waals surface area contributed by atoms with Crippen LogP contribution in [-0.2, 0) is 9.47 Å². The summed E-state index contributed by atoms with van der Waals surface area (Å²) in [6.07, 6.45) is 0.533. The quantitative estimate of drug-likeness (QED) is 0.663. The third-order valence-electron chi connectivity index (χ3n) is 2.16. The van der Waals surface area contributed by atoms with Crippen molar-refractivity contribution in [1.29, 1.82) is 0 Å². The van der Waals surface area contributed by atoms with Gasteiger partial charge in [0.2, 0.25) is 0 Å². The van der Waals surface area contributed by atoms with Gasteiger partial charge in [-0.05, 0) is 0 Å². The van der Waals surface area contributed by atoms with Crippen molar-refractivity contribution in [1.82, 2.24) is 4.90 Å². The number of methoxy groups -OCH3 is 1. The van der Waals surface area contributed by atoms with Gasteiger partial charge in [-0.3, -0.25) is 0 Å². The Hall–Kier alpha value is -0.810. The lowest BCUT2D eigenvalue weighted by molar-refractivity contribution is 0.0345. The summed E-state index contributed by atoms with van der Waals surface area (Å²) in [4.78, 5) is 12.9. The highest BCUT2D eigenvalue weighted by atomic mass is 16.6. The number of carbonyl (C=O) groups is 1. The van der Waals surface area contributed by atoms with Crippen LogP contribution in [0.3, 0.4) is 0 Å². The molecule has 1 aliphatic heterocycles. The Morgan fingerprint density at radius 2 is 2.54 bits per heavy atom. The molecule has 0 aromatic rings. The summed E-state index contributed by atoms with van der Waals surface area (Å²) in [5, 5.41) is 0. The van der Waals surface area contributed by atoms with Gasteiger partial charge in [-0.1, -0.05) is 0 Å². The van der Waals surface area contributed by atoms with Crippen LogP contribution in [0.4, 0.5) is 4.79 Å². The molecule has 2 N–H and O–H groups in total. The zero-order valence-electron chi connectivity index (χ0n) is 7.86. The van der Waals surface area contributed by atoms with Crippen molar-refractivity contribution in [3.63, 3.8) is 0 Å². The zero-order chi connectivity index (χ0) is 9.68. The van der Waals surface area contributed by atoms with E-state index < -0.39 is 0 Å². The smallest absolute Gasteiger partial charge is 0.410 e. The minimum Gasteiger partial charge on any atom is -0.449 e. The van der Waals surface area contributed by atoms with Crippen LogP contribution in [0.15, 0.2) is 0 Å². The van der Waals surface area contributed by atoms with E-state index in [2.05, 4.69) is 0 Å². The Labute approximate surface area is 77.8 Å². The maximum Gasteiger partial charge on any atom is 0.410 e. The van der Waals surface area contributed by atoms with Crippen molar-refractivity contribution < 1.29 is 14.3 Å². The molecule has 5 heteroatoms. The van der Waals surface area contributed by atoms with E-state index in [4.69, 9.17) is 15.2 Å². The first-order valence-corrected chi connectivity index (χ1v) is 4.42. The van der Waals surface area contributed by atoms with E-state index in [1.54, 1.807) is 12.0 Å². The van der Waals surface area contributed by atoms with E-state index in [0.29, 0.717) is 26.3 Å². The molecule has 0 aliphatic carbocycles. The van der Waals surface area contributed by atoms with Crippen molar-refractivity contribution >= 4 is 6.09 Å². The zero-order valence-corrected chi connectivity index (χ0v) is 7.86. The summed E-state index contributed by atoms with van der Waals surface area (Å²) < 4.78 is 9.79. The molecule has 0 bridgehead atoms. The van der Waals surface area contributed by atoms with Gasteiger partial charge in [-0.25, -0.2) is 4.79 Å². The van der Waals surface area contributed by atoms with Crippen molar-refractivity contribution in [2.45, 2.75) is 12.5 Å². The van der Waals surface area contributed by atoms with Crippen LogP contribution < -0.4 is 5.73 Å². The molecule has 5 nitrogen and oxygen atoms in total. The number of hydrogen-bond acceptors (Lipinski definition) is 4. The van der Waals surface area contributed by atoms with Crippen molar-refractivity contribution in [2.24, 2.45) is 5.73 Å². The second-order valence-corrected chi connectivity index (χ2v) is 2.98. The van der Waals surface area contributed by atoms with Gasteiger partial charge >= 0.3 is 6.09 Å². The Morgan fingerprint density at radius 1 is 1.77 bits per heavy atom. The van der Waals surface area contributed by atoms with Crippen molar-refractivity contribution in [3.05, 3.63) is 0 Å². The third kappa shape index (κ3) is 2.57. The van der Waals surface area contributed by atoms with Crippen LogP contribution >= 0.6 is 0 Å². The Kier molecular flexibility index (Phi) is 3.98. The van der Waals surface area contributed by atoms with Gasteiger partial charge in [0.05, 0.1) is 19.3 Å². The van der Waals surface area contributed by atoms with Crippen LogP contribution in [0.5, 0.6) is 0 Å². The molecule has 1 rings (SSSR count). The molecule has 0 aromatic carbocycles. The Bertz CT molecular complexity index is 175. The number of hydrogen-bond donors (Lipinski definition) is 1. The van der Waals surface area contributed by atoms with Gasteiger partial charge in [-0.15, -0.1) is 0 Å². The fourth-order valence-electron chi connectivity index (χ4n) is 1.38. The molecular formula is C8H16N2O3. The average Bonchev–Trinajstić information content (AvgIpc) is 2.15. The van der Waals surface area contributed by atoms with Gasteiger partial charge in [0.25, 0.3) is 0 Å². The van der Waals surface area contributed by atoms with E-state index in [1.165, 1.54) is 0 Å². The number of nitrogens with zero attached hydrogens (tertiary/aromatic N) is 1. The lowest BCUT2D eigenvalue weighted by atomic mass is 10.1. The largest absolute Gasteiger partial charge is 0.449 e. The molecule has 1 fully saturated rings.